The monoisotopic (exact) mass is 453 g/mol. The number of amides is 1. The molecular weight excluding hydrogens is 434 g/mol. The first-order valence-electron chi connectivity index (χ1n) is 9.59. The van der Waals surface area contributed by atoms with E-state index in [1.807, 2.05) is 36.6 Å². The summed E-state index contributed by atoms with van der Waals surface area (Å²) in [5, 5.41) is 11.7. The van der Waals surface area contributed by atoms with Gasteiger partial charge < -0.3 is 10.1 Å². The summed E-state index contributed by atoms with van der Waals surface area (Å²) in [6.45, 7) is 3.79. The molecular formula is C22H19N3O4S2. The Kier molecular flexibility index (Phi) is 5.97. The fourth-order valence-corrected chi connectivity index (χ4v) is 4.83. The first-order valence-corrected chi connectivity index (χ1v) is 11.3. The maximum atomic E-state index is 13.4. The van der Waals surface area contributed by atoms with Crippen molar-refractivity contribution in [2.24, 2.45) is 0 Å². The van der Waals surface area contributed by atoms with Gasteiger partial charge in [-0.3, -0.25) is 9.59 Å². The molecule has 0 spiro atoms. The molecule has 0 saturated carbocycles. The number of nitrogens with zero attached hydrogens (tertiary/aromatic N) is 2. The van der Waals surface area contributed by atoms with Gasteiger partial charge in [0.15, 0.2) is 5.69 Å². The van der Waals surface area contributed by atoms with E-state index in [4.69, 9.17) is 4.74 Å². The fraction of sp³-hybridized carbons (Fsp3) is 0.182. The molecule has 0 saturated heterocycles. The summed E-state index contributed by atoms with van der Waals surface area (Å²) in [7, 11) is 0. The van der Waals surface area contributed by atoms with Crippen LogP contribution in [-0.4, -0.2) is 28.3 Å². The van der Waals surface area contributed by atoms with Crippen LogP contribution in [0.2, 0.25) is 0 Å². The number of anilines is 1. The van der Waals surface area contributed by atoms with Gasteiger partial charge >= 0.3 is 5.97 Å². The molecule has 0 fully saturated rings. The minimum atomic E-state index is -0.622. The Labute approximate surface area is 185 Å². The summed E-state index contributed by atoms with van der Waals surface area (Å²) < 4.78 is 6.34. The fourth-order valence-electron chi connectivity index (χ4n) is 3.17. The molecule has 1 N–H and O–H groups in total. The van der Waals surface area contributed by atoms with E-state index >= 15 is 0 Å². The summed E-state index contributed by atoms with van der Waals surface area (Å²) >= 11 is 2.67. The number of aryl methyl sites for hydroxylation is 1. The van der Waals surface area contributed by atoms with Gasteiger partial charge in [-0.15, -0.1) is 22.7 Å². The van der Waals surface area contributed by atoms with Crippen LogP contribution in [0.15, 0.2) is 52.0 Å². The number of carbonyl (C=O) groups is 2. The van der Waals surface area contributed by atoms with Gasteiger partial charge in [0.05, 0.1) is 24.1 Å². The van der Waals surface area contributed by atoms with Crippen molar-refractivity contribution in [3.05, 3.63) is 73.6 Å². The lowest BCUT2D eigenvalue weighted by Gasteiger charge is -2.10. The number of benzene rings is 1. The van der Waals surface area contributed by atoms with Gasteiger partial charge in [-0.2, -0.15) is 9.78 Å². The van der Waals surface area contributed by atoms with Crippen LogP contribution in [0, 0.1) is 6.92 Å². The predicted molar refractivity (Wildman–Crippen MR) is 123 cm³/mol. The molecule has 0 unspecified atom stereocenters. The maximum absolute atomic E-state index is 13.4. The highest BCUT2D eigenvalue weighted by atomic mass is 32.1. The van der Waals surface area contributed by atoms with Gasteiger partial charge in [0.25, 0.3) is 5.56 Å². The van der Waals surface area contributed by atoms with Crippen LogP contribution >= 0.6 is 22.7 Å². The van der Waals surface area contributed by atoms with Crippen molar-refractivity contribution in [2.75, 3.05) is 11.9 Å². The quantitative estimate of drug-likeness (QED) is 0.443. The molecule has 3 heterocycles. The van der Waals surface area contributed by atoms with Crippen LogP contribution in [0.3, 0.4) is 0 Å². The number of nitrogens with one attached hydrogen (secondary N) is 1. The first-order chi connectivity index (χ1) is 15.0. The summed E-state index contributed by atoms with van der Waals surface area (Å²) in [6, 6.07) is 11.0. The number of carbonyl (C=O) groups excluding carboxylic acids is 2. The Balaban J connectivity index is 1.84. The molecule has 4 rings (SSSR count). The molecule has 31 heavy (non-hydrogen) atoms. The van der Waals surface area contributed by atoms with E-state index in [1.54, 1.807) is 24.4 Å². The Bertz CT molecular complexity index is 1320. The van der Waals surface area contributed by atoms with Crippen molar-refractivity contribution in [1.82, 2.24) is 9.78 Å². The Morgan fingerprint density at radius 1 is 1.19 bits per heavy atom. The van der Waals surface area contributed by atoms with Crippen molar-refractivity contribution in [3.8, 4) is 5.69 Å². The van der Waals surface area contributed by atoms with Crippen LogP contribution in [0.4, 0.5) is 5.00 Å². The zero-order chi connectivity index (χ0) is 22.0. The lowest BCUT2D eigenvalue weighted by atomic mass is 10.2. The molecule has 0 aliphatic heterocycles. The summed E-state index contributed by atoms with van der Waals surface area (Å²) in [5.74, 6) is -0.856. The highest BCUT2D eigenvalue weighted by Crippen LogP contribution is 2.31. The van der Waals surface area contributed by atoms with Crippen molar-refractivity contribution in [1.29, 1.82) is 0 Å². The number of thiophene rings is 2. The van der Waals surface area contributed by atoms with E-state index in [0.717, 1.165) is 10.4 Å². The Morgan fingerprint density at radius 3 is 2.74 bits per heavy atom. The molecule has 0 aliphatic rings. The second kappa shape index (κ2) is 8.83. The summed E-state index contributed by atoms with van der Waals surface area (Å²) in [6.07, 6.45) is 0.207. The van der Waals surface area contributed by atoms with Gasteiger partial charge in [-0.1, -0.05) is 18.2 Å². The number of hydrogen-bond donors (Lipinski definition) is 1. The molecule has 1 amide bonds. The maximum Gasteiger partial charge on any atom is 0.359 e. The molecule has 3 aromatic heterocycles. The normalized spacial score (nSPS) is 10.9. The standard InChI is InChI=1S/C22H19N3O4S2/c1-3-29-22(28)19-16-12-31-20(23-17(26)11-15-8-5-9-30-15)18(16)21(27)25(24-19)14-7-4-6-13(2)10-14/h4-10,12H,3,11H2,1-2H3,(H,23,26). The van der Waals surface area contributed by atoms with Gasteiger partial charge in [-0.25, -0.2) is 4.79 Å². The largest absolute Gasteiger partial charge is 0.461 e. The predicted octanol–water partition coefficient (Wildman–Crippen LogP) is 4.18. The van der Waals surface area contributed by atoms with Crippen molar-refractivity contribution < 1.29 is 14.3 Å². The average molecular weight is 454 g/mol. The van der Waals surface area contributed by atoms with E-state index in [-0.39, 0.29) is 30.0 Å². The van der Waals surface area contributed by atoms with Crippen molar-refractivity contribution in [2.45, 2.75) is 20.3 Å². The minimum Gasteiger partial charge on any atom is -0.461 e. The number of esters is 1. The van der Waals surface area contributed by atoms with Crippen LogP contribution in [0.1, 0.15) is 27.9 Å². The zero-order valence-electron chi connectivity index (χ0n) is 16.9. The Morgan fingerprint density at radius 2 is 2.03 bits per heavy atom. The van der Waals surface area contributed by atoms with Crippen molar-refractivity contribution in [3.63, 3.8) is 0 Å². The first kappa shape index (κ1) is 21.0. The number of aromatic nitrogens is 2. The third kappa shape index (κ3) is 4.28. The molecule has 158 valence electrons. The van der Waals surface area contributed by atoms with Gasteiger partial charge in [0.1, 0.15) is 5.00 Å². The lowest BCUT2D eigenvalue weighted by molar-refractivity contribution is -0.115. The van der Waals surface area contributed by atoms with E-state index in [2.05, 4.69) is 10.4 Å². The van der Waals surface area contributed by atoms with E-state index in [0.29, 0.717) is 16.1 Å². The minimum absolute atomic E-state index is 0.0351. The highest BCUT2D eigenvalue weighted by Gasteiger charge is 2.23. The second-order valence-electron chi connectivity index (χ2n) is 6.78. The third-order valence-electron chi connectivity index (χ3n) is 4.54. The van der Waals surface area contributed by atoms with E-state index in [9.17, 15) is 14.4 Å². The van der Waals surface area contributed by atoms with Crippen LogP contribution in [-0.2, 0) is 16.0 Å². The van der Waals surface area contributed by atoms with E-state index in [1.165, 1.54) is 27.4 Å². The topological polar surface area (TPSA) is 90.3 Å². The van der Waals surface area contributed by atoms with Crippen LogP contribution in [0.5, 0.6) is 0 Å². The number of fused-ring (bicyclic) bond motifs is 1. The Hall–Kier alpha value is -3.30. The lowest BCUT2D eigenvalue weighted by Crippen LogP contribution is -2.25. The molecule has 7 nitrogen and oxygen atoms in total. The third-order valence-corrected chi connectivity index (χ3v) is 6.31. The van der Waals surface area contributed by atoms with Gasteiger partial charge in [0.2, 0.25) is 5.91 Å². The van der Waals surface area contributed by atoms with Gasteiger partial charge in [-0.05, 0) is 43.0 Å². The molecule has 0 bridgehead atoms. The molecule has 9 heteroatoms. The summed E-state index contributed by atoms with van der Waals surface area (Å²) in [4.78, 5) is 39.4. The van der Waals surface area contributed by atoms with Crippen LogP contribution in [0.25, 0.3) is 16.5 Å². The number of hydrogen-bond acceptors (Lipinski definition) is 7. The molecule has 4 aromatic rings. The van der Waals surface area contributed by atoms with Crippen LogP contribution < -0.4 is 10.9 Å². The molecule has 0 radical (unpaired) electrons. The highest BCUT2D eigenvalue weighted by molar-refractivity contribution is 7.16. The van der Waals surface area contributed by atoms with Crippen molar-refractivity contribution >= 4 is 50.3 Å². The molecule has 1 aromatic carbocycles. The number of ether oxygens (including phenoxy) is 1. The average Bonchev–Trinajstić information content (AvgIpc) is 3.39. The smallest absolute Gasteiger partial charge is 0.359 e. The van der Waals surface area contributed by atoms with Gasteiger partial charge in [0, 0.05) is 15.6 Å². The van der Waals surface area contributed by atoms with E-state index < -0.39 is 11.5 Å². The molecule has 0 aliphatic carbocycles. The summed E-state index contributed by atoms with van der Waals surface area (Å²) in [5.41, 5.74) is 1.09. The molecule has 0 atom stereocenters. The number of rotatable bonds is 6. The second-order valence-corrected chi connectivity index (χ2v) is 8.69. The SMILES string of the molecule is CCOC(=O)c1nn(-c2cccc(C)c2)c(=O)c2c(NC(=O)Cc3cccs3)scc12. The zero-order valence-corrected chi connectivity index (χ0v) is 18.5.